The summed E-state index contributed by atoms with van der Waals surface area (Å²) in [6, 6.07) is 0. The first-order chi connectivity index (χ1) is 10.4. The Bertz CT molecular complexity index is 836. The van der Waals surface area contributed by atoms with Crippen LogP contribution in [0.3, 0.4) is 0 Å². The van der Waals surface area contributed by atoms with E-state index in [1.54, 1.807) is 0 Å². The Morgan fingerprint density at radius 1 is 1.55 bits per heavy atom. The molecule has 3 heterocycles. The highest BCUT2D eigenvalue weighted by Crippen LogP contribution is 2.31. The van der Waals surface area contributed by atoms with Gasteiger partial charge >= 0.3 is 5.76 Å². The number of aliphatic hydroxyl groups is 2. The summed E-state index contributed by atoms with van der Waals surface area (Å²) in [4.78, 5) is 29.7. The lowest BCUT2D eigenvalue weighted by molar-refractivity contribution is -0.0658. The summed E-state index contributed by atoms with van der Waals surface area (Å²) in [5.74, 6) is -1.13. The standard InChI is InChI=1S/C12H14N4O6/c1-2-4(17)6-3-5(18)10(21-6)16-8-7(22-12(16)20)9(19)15-11(13)14-8/h2,4-6,10,17-18H,1,3H2,(H3,13,14,15,19). The minimum Gasteiger partial charge on any atom is -0.400 e. The third kappa shape index (κ3) is 2.13. The van der Waals surface area contributed by atoms with Crippen molar-refractivity contribution in [2.75, 3.05) is 5.73 Å². The first-order valence-corrected chi connectivity index (χ1v) is 6.47. The van der Waals surface area contributed by atoms with E-state index in [0.29, 0.717) is 0 Å². The van der Waals surface area contributed by atoms with Crippen LogP contribution < -0.4 is 17.0 Å². The Hall–Kier alpha value is -2.43. The van der Waals surface area contributed by atoms with Crippen LogP contribution in [0.15, 0.2) is 26.7 Å². The van der Waals surface area contributed by atoms with Crippen LogP contribution in [0.2, 0.25) is 0 Å². The van der Waals surface area contributed by atoms with Crippen molar-refractivity contribution in [3.63, 3.8) is 0 Å². The van der Waals surface area contributed by atoms with E-state index in [4.69, 9.17) is 14.9 Å². The van der Waals surface area contributed by atoms with E-state index >= 15 is 0 Å². The Labute approximate surface area is 122 Å². The summed E-state index contributed by atoms with van der Waals surface area (Å²) in [7, 11) is 0. The lowest BCUT2D eigenvalue weighted by Gasteiger charge is -2.16. The highest BCUT2D eigenvalue weighted by atomic mass is 16.5. The predicted molar refractivity (Wildman–Crippen MR) is 74.0 cm³/mol. The van der Waals surface area contributed by atoms with E-state index in [-0.39, 0.29) is 23.6 Å². The van der Waals surface area contributed by atoms with Crippen LogP contribution in [0.25, 0.3) is 11.2 Å². The molecule has 1 fully saturated rings. The maximum absolute atomic E-state index is 12.0. The highest BCUT2D eigenvalue weighted by molar-refractivity contribution is 5.68. The van der Waals surface area contributed by atoms with E-state index in [1.165, 1.54) is 6.08 Å². The molecule has 4 atom stereocenters. The Kier molecular flexibility index (Phi) is 3.35. The number of nitrogen functional groups attached to an aromatic ring is 1. The molecule has 1 saturated heterocycles. The Morgan fingerprint density at radius 3 is 2.95 bits per heavy atom. The third-order valence-electron chi connectivity index (χ3n) is 3.49. The van der Waals surface area contributed by atoms with Crippen molar-refractivity contribution in [2.24, 2.45) is 0 Å². The molecule has 0 radical (unpaired) electrons. The number of oxazole rings is 1. The molecule has 3 rings (SSSR count). The van der Waals surface area contributed by atoms with Crippen LogP contribution in [0, 0.1) is 0 Å². The average molecular weight is 310 g/mol. The zero-order valence-corrected chi connectivity index (χ0v) is 11.3. The van der Waals surface area contributed by atoms with Gasteiger partial charge in [0.05, 0.1) is 12.2 Å². The van der Waals surface area contributed by atoms with Gasteiger partial charge in [0.15, 0.2) is 11.9 Å². The van der Waals surface area contributed by atoms with Gasteiger partial charge in [-0.1, -0.05) is 6.08 Å². The molecule has 1 aliphatic rings. The first-order valence-electron chi connectivity index (χ1n) is 6.47. The molecule has 1 aliphatic heterocycles. The van der Waals surface area contributed by atoms with E-state index in [9.17, 15) is 19.8 Å². The Balaban J connectivity index is 2.11. The lowest BCUT2D eigenvalue weighted by atomic mass is 10.1. The van der Waals surface area contributed by atoms with Crippen LogP contribution in [0.4, 0.5) is 5.95 Å². The topological polar surface area (TPSA) is 157 Å². The summed E-state index contributed by atoms with van der Waals surface area (Å²) in [5, 5.41) is 19.8. The van der Waals surface area contributed by atoms with E-state index in [1.807, 2.05) is 0 Å². The Morgan fingerprint density at radius 2 is 2.27 bits per heavy atom. The van der Waals surface area contributed by atoms with Crippen LogP contribution in [0.5, 0.6) is 0 Å². The molecule has 118 valence electrons. The van der Waals surface area contributed by atoms with Gasteiger partial charge in [-0.2, -0.15) is 4.98 Å². The molecule has 0 aliphatic carbocycles. The SMILES string of the molecule is C=CC(O)C1CC(O)C(n2c(=O)oc3c(=O)[nH]c(N)nc32)O1. The molecule has 0 spiro atoms. The number of anilines is 1. The zero-order valence-electron chi connectivity index (χ0n) is 11.3. The number of fused-ring (bicyclic) bond motifs is 1. The minimum absolute atomic E-state index is 0.0790. The summed E-state index contributed by atoms with van der Waals surface area (Å²) in [5.41, 5.74) is 4.29. The smallest absolute Gasteiger partial charge is 0.400 e. The quantitative estimate of drug-likeness (QED) is 0.496. The van der Waals surface area contributed by atoms with Gasteiger partial charge in [0.25, 0.3) is 5.56 Å². The molecule has 0 aromatic carbocycles. The van der Waals surface area contributed by atoms with Gasteiger partial charge < -0.3 is 25.1 Å². The first kappa shape index (κ1) is 14.5. The van der Waals surface area contributed by atoms with Crippen molar-refractivity contribution in [2.45, 2.75) is 31.0 Å². The highest BCUT2D eigenvalue weighted by Gasteiger charge is 2.40. The van der Waals surface area contributed by atoms with E-state index in [2.05, 4.69) is 16.5 Å². The van der Waals surface area contributed by atoms with Gasteiger partial charge in [0.1, 0.15) is 6.10 Å². The number of nitrogens with zero attached hydrogens (tertiary/aromatic N) is 2. The van der Waals surface area contributed by atoms with Gasteiger partial charge in [-0.3, -0.25) is 9.78 Å². The van der Waals surface area contributed by atoms with Crippen LogP contribution in [-0.2, 0) is 4.74 Å². The molecule has 4 unspecified atom stereocenters. The average Bonchev–Trinajstić information content (AvgIpc) is 2.98. The molecule has 2 aromatic heterocycles. The fourth-order valence-electron chi connectivity index (χ4n) is 2.45. The maximum atomic E-state index is 12.0. The minimum atomic E-state index is -1.15. The molecule has 0 bridgehead atoms. The molecule has 0 amide bonds. The summed E-state index contributed by atoms with van der Waals surface area (Å²) < 4.78 is 11.2. The van der Waals surface area contributed by atoms with Crippen molar-refractivity contribution >= 4 is 17.2 Å². The number of aromatic amines is 1. The number of nitrogens with two attached hydrogens (primary N) is 1. The van der Waals surface area contributed by atoms with Crippen molar-refractivity contribution < 1.29 is 19.4 Å². The summed E-state index contributed by atoms with van der Waals surface area (Å²) >= 11 is 0. The third-order valence-corrected chi connectivity index (χ3v) is 3.49. The largest absolute Gasteiger partial charge is 0.423 e. The number of H-pyrrole nitrogens is 1. The molecular weight excluding hydrogens is 296 g/mol. The van der Waals surface area contributed by atoms with Crippen molar-refractivity contribution in [3.05, 3.63) is 33.6 Å². The van der Waals surface area contributed by atoms with Gasteiger partial charge in [-0.15, -0.1) is 6.58 Å². The summed E-state index contributed by atoms with van der Waals surface area (Å²) in [6.07, 6.45) is -2.65. The lowest BCUT2D eigenvalue weighted by Crippen LogP contribution is -2.28. The van der Waals surface area contributed by atoms with Gasteiger partial charge in [0.2, 0.25) is 11.5 Å². The zero-order chi connectivity index (χ0) is 16.0. The second-order valence-electron chi connectivity index (χ2n) is 4.94. The summed E-state index contributed by atoms with van der Waals surface area (Å²) in [6.45, 7) is 3.44. The maximum Gasteiger partial charge on any atom is 0.423 e. The second-order valence-corrected chi connectivity index (χ2v) is 4.94. The van der Waals surface area contributed by atoms with Gasteiger partial charge in [0, 0.05) is 6.42 Å². The molecule has 2 aromatic rings. The molecule has 10 nitrogen and oxygen atoms in total. The normalized spacial score (nSPS) is 26.4. The van der Waals surface area contributed by atoms with E-state index < -0.39 is 35.9 Å². The van der Waals surface area contributed by atoms with Crippen molar-refractivity contribution in [1.82, 2.24) is 14.5 Å². The predicted octanol–water partition coefficient (Wildman–Crippen LogP) is -1.54. The van der Waals surface area contributed by atoms with Gasteiger partial charge in [-0.25, -0.2) is 9.36 Å². The molecule has 22 heavy (non-hydrogen) atoms. The van der Waals surface area contributed by atoms with Crippen LogP contribution in [0.1, 0.15) is 12.6 Å². The number of hydrogen-bond donors (Lipinski definition) is 4. The number of rotatable bonds is 3. The molecule has 5 N–H and O–H groups in total. The van der Waals surface area contributed by atoms with Crippen molar-refractivity contribution in [1.29, 1.82) is 0 Å². The number of aliphatic hydroxyl groups excluding tert-OH is 2. The molecule has 0 saturated carbocycles. The monoisotopic (exact) mass is 310 g/mol. The van der Waals surface area contributed by atoms with Crippen LogP contribution >= 0.6 is 0 Å². The second kappa shape index (κ2) is 5.09. The fourth-order valence-corrected chi connectivity index (χ4v) is 2.45. The fraction of sp³-hybridized carbons (Fsp3) is 0.417. The number of hydrogen-bond acceptors (Lipinski definition) is 8. The number of ether oxygens (including phenoxy) is 1. The van der Waals surface area contributed by atoms with Crippen molar-refractivity contribution in [3.8, 4) is 0 Å². The number of aromatic nitrogens is 3. The van der Waals surface area contributed by atoms with Crippen LogP contribution in [-0.4, -0.2) is 43.1 Å². The molecular formula is C12H14N4O6. The van der Waals surface area contributed by atoms with E-state index in [0.717, 1.165) is 4.57 Å². The number of nitrogens with one attached hydrogen (secondary N) is 1. The van der Waals surface area contributed by atoms with Gasteiger partial charge in [-0.05, 0) is 0 Å². The molecule has 10 heteroatoms.